The van der Waals surface area contributed by atoms with Gasteiger partial charge in [0.25, 0.3) is 5.91 Å². The van der Waals surface area contributed by atoms with Crippen LogP contribution in [0.25, 0.3) is 0 Å². The van der Waals surface area contributed by atoms with E-state index in [-0.39, 0.29) is 35.1 Å². The summed E-state index contributed by atoms with van der Waals surface area (Å²) in [5, 5.41) is 4.64. The lowest BCUT2D eigenvalue weighted by Gasteiger charge is -2.21. The molecule has 0 aliphatic carbocycles. The Morgan fingerprint density at radius 1 is 1.15 bits per heavy atom. The van der Waals surface area contributed by atoms with E-state index in [0.717, 1.165) is 0 Å². The fourth-order valence-electron chi connectivity index (χ4n) is 3.44. The number of amides is 3. The number of alkyl halides is 3. The monoisotopic (exact) mass is 499 g/mol. The second kappa shape index (κ2) is 10.2. The molecule has 1 aliphatic rings. The van der Waals surface area contributed by atoms with Gasteiger partial charge in [0, 0.05) is 30.3 Å². The zero-order valence-corrected chi connectivity index (χ0v) is 18.9. The summed E-state index contributed by atoms with van der Waals surface area (Å²) >= 11 is 6.19. The fourth-order valence-corrected chi connectivity index (χ4v) is 3.67. The molecule has 0 spiro atoms. The Kier molecular flexibility index (Phi) is 7.55. The summed E-state index contributed by atoms with van der Waals surface area (Å²) in [4.78, 5) is 38.8. The van der Waals surface area contributed by atoms with Crippen molar-refractivity contribution < 1.29 is 37.0 Å². The first-order chi connectivity index (χ1) is 16.0. The Hall–Kier alpha value is -3.47. The molecule has 1 fully saturated rings. The standard InChI is InChI=1S/C22H21ClF3N3O5/c1-33-17-9-18(34-2)16(8-15(17)23)29-10-13(7-19(29)30)21(32)28-14-5-3-4-12(6-14)20(31)27-11-22(24,25)26/h3-6,8-9,13H,7,10-11H2,1-2H3,(H,27,31)(H,28,32). The van der Waals surface area contributed by atoms with Crippen molar-refractivity contribution in [2.45, 2.75) is 12.6 Å². The number of nitrogens with zero attached hydrogens (tertiary/aromatic N) is 1. The lowest BCUT2D eigenvalue weighted by atomic mass is 10.1. The van der Waals surface area contributed by atoms with Crippen LogP contribution in [-0.4, -0.2) is 51.2 Å². The number of hydrogen-bond donors (Lipinski definition) is 2. The van der Waals surface area contributed by atoms with Crippen LogP contribution in [0.15, 0.2) is 36.4 Å². The lowest BCUT2D eigenvalue weighted by molar-refractivity contribution is -0.123. The van der Waals surface area contributed by atoms with E-state index in [1.807, 2.05) is 0 Å². The Labute approximate surface area is 198 Å². The predicted octanol–water partition coefficient (Wildman–Crippen LogP) is 3.64. The maximum atomic E-state index is 12.8. The number of hydrogen-bond acceptors (Lipinski definition) is 5. The number of carbonyl (C=O) groups is 3. The summed E-state index contributed by atoms with van der Waals surface area (Å²) in [5.74, 6) is -1.75. The van der Waals surface area contributed by atoms with Crippen LogP contribution < -0.4 is 25.0 Å². The molecule has 1 atom stereocenters. The quantitative estimate of drug-likeness (QED) is 0.606. The van der Waals surface area contributed by atoms with Gasteiger partial charge in [-0.2, -0.15) is 13.2 Å². The van der Waals surface area contributed by atoms with E-state index in [4.69, 9.17) is 21.1 Å². The van der Waals surface area contributed by atoms with E-state index < -0.39 is 30.5 Å². The summed E-state index contributed by atoms with van der Waals surface area (Å²) < 4.78 is 47.5. The van der Waals surface area contributed by atoms with Gasteiger partial charge in [-0.15, -0.1) is 0 Å². The van der Waals surface area contributed by atoms with Crippen molar-refractivity contribution in [1.82, 2.24) is 5.32 Å². The summed E-state index contributed by atoms with van der Waals surface area (Å²) in [6.07, 6.45) is -4.62. The van der Waals surface area contributed by atoms with Gasteiger partial charge in [-0.3, -0.25) is 14.4 Å². The molecule has 3 rings (SSSR count). The van der Waals surface area contributed by atoms with Crippen LogP contribution in [0, 0.1) is 5.92 Å². The van der Waals surface area contributed by atoms with Crippen LogP contribution in [0.3, 0.4) is 0 Å². The molecule has 34 heavy (non-hydrogen) atoms. The average Bonchev–Trinajstić information content (AvgIpc) is 3.18. The molecule has 1 heterocycles. The van der Waals surface area contributed by atoms with E-state index >= 15 is 0 Å². The summed E-state index contributed by atoms with van der Waals surface area (Å²) in [6.45, 7) is -1.42. The third kappa shape index (κ3) is 5.90. The van der Waals surface area contributed by atoms with Gasteiger partial charge in [0.15, 0.2) is 0 Å². The highest BCUT2D eigenvalue weighted by atomic mass is 35.5. The van der Waals surface area contributed by atoms with Crippen LogP contribution in [0.5, 0.6) is 11.5 Å². The Morgan fingerprint density at radius 3 is 2.50 bits per heavy atom. The Balaban J connectivity index is 1.70. The number of carbonyl (C=O) groups excluding carboxylic acids is 3. The van der Waals surface area contributed by atoms with Gasteiger partial charge in [0.2, 0.25) is 11.8 Å². The first kappa shape index (κ1) is 25.2. The summed E-state index contributed by atoms with van der Waals surface area (Å²) in [7, 11) is 2.87. The van der Waals surface area contributed by atoms with Crippen LogP contribution in [0.1, 0.15) is 16.8 Å². The lowest BCUT2D eigenvalue weighted by Crippen LogP contribution is -2.33. The minimum Gasteiger partial charge on any atom is -0.495 e. The molecule has 2 aromatic carbocycles. The van der Waals surface area contributed by atoms with Gasteiger partial charge >= 0.3 is 6.18 Å². The minimum atomic E-state index is -4.54. The maximum absolute atomic E-state index is 12.8. The number of benzene rings is 2. The Bertz CT molecular complexity index is 1110. The highest BCUT2D eigenvalue weighted by Gasteiger charge is 2.37. The minimum absolute atomic E-state index is 0.0510. The molecule has 2 aromatic rings. The van der Waals surface area contributed by atoms with Crippen molar-refractivity contribution in [3.63, 3.8) is 0 Å². The SMILES string of the molecule is COc1cc(OC)c(N2CC(C(=O)Nc3cccc(C(=O)NCC(F)(F)F)c3)CC2=O)cc1Cl. The van der Waals surface area contributed by atoms with Crippen molar-refractivity contribution in [2.75, 3.05) is 37.5 Å². The van der Waals surface area contributed by atoms with Crippen molar-refractivity contribution in [2.24, 2.45) is 5.92 Å². The molecule has 2 N–H and O–H groups in total. The van der Waals surface area contributed by atoms with E-state index in [1.165, 1.54) is 55.5 Å². The zero-order chi connectivity index (χ0) is 25.0. The summed E-state index contributed by atoms with van der Waals surface area (Å²) in [5.41, 5.74) is 0.543. The van der Waals surface area contributed by atoms with E-state index in [0.29, 0.717) is 17.2 Å². The number of methoxy groups -OCH3 is 2. The third-order valence-corrected chi connectivity index (χ3v) is 5.38. The van der Waals surface area contributed by atoms with Crippen molar-refractivity contribution in [3.05, 3.63) is 47.0 Å². The van der Waals surface area contributed by atoms with Crippen molar-refractivity contribution in [1.29, 1.82) is 0 Å². The third-order valence-electron chi connectivity index (χ3n) is 5.08. The number of halogens is 4. The number of anilines is 2. The smallest absolute Gasteiger partial charge is 0.405 e. The molecule has 1 unspecified atom stereocenters. The van der Waals surface area contributed by atoms with Gasteiger partial charge in [0.1, 0.15) is 18.0 Å². The molecule has 0 saturated carbocycles. The highest BCUT2D eigenvalue weighted by molar-refractivity contribution is 6.32. The molecule has 1 aliphatic heterocycles. The molecular weight excluding hydrogens is 479 g/mol. The fraction of sp³-hybridized carbons (Fsp3) is 0.318. The van der Waals surface area contributed by atoms with Crippen LogP contribution >= 0.6 is 11.6 Å². The van der Waals surface area contributed by atoms with Gasteiger partial charge in [0.05, 0.1) is 30.8 Å². The van der Waals surface area contributed by atoms with Gasteiger partial charge in [-0.25, -0.2) is 0 Å². The number of nitrogens with one attached hydrogen (secondary N) is 2. The molecule has 8 nitrogen and oxygen atoms in total. The van der Waals surface area contributed by atoms with E-state index in [2.05, 4.69) is 5.32 Å². The topological polar surface area (TPSA) is 97.0 Å². The van der Waals surface area contributed by atoms with E-state index in [1.54, 1.807) is 5.32 Å². The van der Waals surface area contributed by atoms with Crippen molar-refractivity contribution >= 4 is 40.7 Å². The highest BCUT2D eigenvalue weighted by Crippen LogP contribution is 2.40. The van der Waals surface area contributed by atoms with Crippen molar-refractivity contribution in [3.8, 4) is 11.5 Å². The molecule has 0 radical (unpaired) electrons. The maximum Gasteiger partial charge on any atom is 0.405 e. The Morgan fingerprint density at radius 2 is 1.85 bits per heavy atom. The normalized spacial score (nSPS) is 15.8. The molecular formula is C22H21ClF3N3O5. The molecule has 3 amide bonds. The van der Waals surface area contributed by atoms with Crippen LogP contribution in [-0.2, 0) is 9.59 Å². The molecule has 0 aromatic heterocycles. The van der Waals surface area contributed by atoms with Gasteiger partial charge in [-0.05, 0) is 24.3 Å². The van der Waals surface area contributed by atoms with Gasteiger partial charge in [-0.1, -0.05) is 17.7 Å². The molecule has 0 bridgehead atoms. The second-order valence-corrected chi connectivity index (χ2v) is 7.84. The molecule has 1 saturated heterocycles. The molecule has 12 heteroatoms. The van der Waals surface area contributed by atoms with Crippen LogP contribution in [0.4, 0.5) is 24.5 Å². The van der Waals surface area contributed by atoms with Gasteiger partial charge < -0.3 is 25.0 Å². The first-order valence-corrected chi connectivity index (χ1v) is 10.4. The van der Waals surface area contributed by atoms with E-state index in [9.17, 15) is 27.6 Å². The second-order valence-electron chi connectivity index (χ2n) is 7.43. The first-order valence-electron chi connectivity index (χ1n) is 10.00. The average molecular weight is 500 g/mol. The number of ether oxygens (including phenoxy) is 2. The number of rotatable bonds is 7. The zero-order valence-electron chi connectivity index (χ0n) is 18.2. The molecule has 182 valence electrons. The summed E-state index contributed by atoms with van der Waals surface area (Å²) in [6, 6.07) is 8.54. The largest absolute Gasteiger partial charge is 0.495 e. The predicted molar refractivity (Wildman–Crippen MR) is 118 cm³/mol. The van der Waals surface area contributed by atoms with Crippen LogP contribution in [0.2, 0.25) is 5.02 Å².